The van der Waals surface area contributed by atoms with Crippen LogP contribution >= 0.6 is 0 Å². The van der Waals surface area contributed by atoms with Crippen LogP contribution in [0.15, 0.2) is 0 Å². The summed E-state index contributed by atoms with van der Waals surface area (Å²) in [6, 6.07) is 0. The second kappa shape index (κ2) is 11.0. The molecule has 0 aromatic rings. The molecule has 0 amide bonds. The number of hydrogen-bond acceptors (Lipinski definition) is 0. The van der Waals surface area contributed by atoms with E-state index in [0.29, 0.717) is 0 Å². The van der Waals surface area contributed by atoms with Crippen molar-refractivity contribution >= 4 is 0 Å². The lowest BCUT2D eigenvalue weighted by molar-refractivity contribution is 0.886. The van der Waals surface area contributed by atoms with Crippen molar-refractivity contribution in [2.45, 2.75) is 79.1 Å². The summed E-state index contributed by atoms with van der Waals surface area (Å²) in [5.41, 5.74) is 0. The zero-order valence-electron chi connectivity index (χ0n) is 7.07. The fourth-order valence-electron chi connectivity index (χ4n) is 1.77. The van der Waals surface area contributed by atoms with E-state index in [2.05, 4.69) is 0 Å². The Labute approximate surface area is 79.8 Å². The Bertz CT molecular complexity index is 33.2. The fraction of sp³-hybridized carbons (Fsp3) is 1.00. The maximum Gasteiger partial charge on any atom is -0.0533 e. The highest BCUT2D eigenvalue weighted by molar-refractivity contribution is 4.51. The van der Waals surface area contributed by atoms with Crippen molar-refractivity contribution in [3.8, 4) is 0 Å². The van der Waals surface area contributed by atoms with Gasteiger partial charge in [0, 0.05) is 0 Å². The molecule has 0 bridgehead atoms. The standard InChI is InChI=1S/2C5H10.2CH4/c2*1-2-4-5-3-1;;/h2*1-5H2;2*1H4. The first-order chi connectivity index (χ1) is 5.00. The lowest BCUT2D eigenvalue weighted by Gasteiger charge is -1.67. The molecule has 2 aliphatic rings. The summed E-state index contributed by atoms with van der Waals surface area (Å²) < 4.78 is 0. The molecule has 76 valence electrons. The Hall–Kier alpha value is 0. The second-order valence-electron chi connectivity index (χ2n) is 3.54. The van der Waals surface area contributed by atoms with E-state index in [-0.39, 0.29) is 14.9 Å². The van der Waals surface area contributed by atoms with Crippen LogP contribution in [-0.2, 0) is 0 Å². The van der Waals surface area contributed by atoms with Crippen LogP contribution in [0.3, 0.4) is 0 Å². The van der Waals surface area contributed by atoms with Gasteiger partial charge in [0.2, 0.25) is 0 Å². The zero-order chi connectivity index (χ0) is 7.07. The fourth-order valence-corrected chi connectivity index (χ4v) is 1.77. The smallest absolute Gasteiger partial charge is 0.0533 e. The van der Waals surface area contributed by atoms with Gasteiger partial charge in [-0.3, -0.25) is 0 Å². The van der Waals surface area contributed by atoms with Crippen molar-refractivity contribution in [1.29, 1.82) is 0 Å². The van der Waals surface area contributed by atoms with Crippen LogP contribution in [0.5, 0.6) is 0 Å². The maximum absolute atomic E-state index is 1.50. The summed E-state index contributed by atoms with van der Waals surface area (Å²) in [6.07, 6.45) is 15.0. The van der Waals surface area contributed by atoms with Gasteiger partial charge in [-0.05, 0) is 0 Å². The first kappa shape index (κ1) is 14.5. The summed E-state index contributed by atoms with van der Waals surface area (Å²) in [4.78, 5) is 0. The molecule has 0 spiro atoms. The number of hydrogen-bond donors (Lipinski definition) is 0. The van der Waals surface area contributed by atoms with Gasteiger partial charge in [0.25, 0.3) is 0 Å². The SMILES string of the molecule is C.C.C1CCCC1.C1CCCC1. The van der Waals surface area contributed by atoms with Crippen molar-refractivity contribution in [1.82, 2.24) is 0 Å². The van der Waals surface area contributed by atoms with Crippen LogP contribution < -0.4 is 0 Å². The molecule has 2 aliphatic carbocycles. The third-order valence-electron chi connectivity index (χ3n) is 2.50. The van der Waals surface area contributed by atoms with Crippen LogP contribution in [0.2, 0.25) is 0 Å². The van der Waals surface area contributed by atoms with E-state index in [1.165, 1.54) is 64.2 Å². The molecular formula is C12H28. The summed E-state index contributed by atoms with van der Waals surface area (Å²) in [5, 5.41) is 0. The van der Waals surface area contributed by atoms with E-state index in [9.17, 15) is 0 Å². The molecule has 0 N–H and O–H groups in total. The minimum absolute atomic E-state index is 0. The molecule has 0 radical (unpaired) electrons. The van der Waals surface area contributed by atoms with Crippen molar-refractivity contribution in [3.63, 3.8) is 0 Å². The van der Waals surface area contributed by atoms with E-state index < -0.39 is 0 Å². The summed E-state index contributed by atoms with van der Waals surface area (Å²) >= 11 is 0. The van der Waals surface area contributed by atoms with Gasteiger partial charge < -0.3 is 0 Å². The van der Waals surface area contributed by atoms with Gasteiger partial charge in [-0.1, -0.05) is 79.1 Å². The highest BCUT2D eigenvalue weighted by Crippen LogP contribution is 2.15. The molecule has 2 rings (SSSR count). The highest BCUT2D eigenvalue weighted by atomic mass is 14.0. The monoisotopic (exact) mass is 172 g/mol. The molecule has 2 saturated carbocycles. The minimum atomic E-state index is 0. The first-order valence-corrected chi connectivity index (χ1v) is 5.00. The minimum Gasteiger partial charge on any atom is -0.0776 e. The predicted octanol–water partition coefficient (Wildman–Crippen LogP) is 5.17. The van der Waals surface area contributed by atoms with Gasteiger partial charge in [-0.2, -0.15) is 0 Å². The molecule has 12 heavy (non-hydrogen) atoms. The predicted molar refractivity (Wildman–Crippen MR) is 59.6 cm³/mol. The van der Waals surface area contributed by atoms with Gasteiger partial charge >= 0.3 is 0 Å². The molecule has 0 saturated heterocycles. The molecule has 0 heteroatoms. The summed E-state index contributed by atoms with van der Waals surface area (Å²) in [5.74, 6) is 0. The van der Waals surface area contributed by atoms with Crippen LogP contribution in [0, 0.1) is 0 Å². The number of rotatable bonds is 0. The third kappa shape index (κ3) is 8.10. The van der Waals surface area contributed by atoms with Crippen LogP contribution in [0.4, 0.5) is 0 Å². The molecule has 0 aliphatic heterocycles. The quantitative estimate of drug-likeness (QED) is 0.472. The molecule has 0 aromatic heterocycles. The zero-order valence-corrected chi connectivity index (χ0v) is 7.07. The Morgan fingerprint density at radius 2 is 0.333 bits per heavy atom. The highest BCUT2D eigenvalue weighted by Gasteiger charge is 1.95. The van der Waals surface area contributed by atoms with Gasteiger partial charge in [-0.25, -0.2) is 0 Å². The van der Waals surface area contributed by atoms with Crippen molar-refractivity contribution in [2.75, 3.05) is 0 Å². The maximum atomic E-state index is 1.50. The van der Waals surface area contributed by atoms with Gasteiger partial charge in [-0.15, -0.1) is 0 Å². The summed E-state index contributed by atoms with van der Waals surface area (Å²) in [6.45, 7) is 0. The van der Waals surface area contributed by atoms with Gasteiger partial charge in [0.15, 0.2) is 0 Å². The van der Waals surface area contributed by atoms with Crippen LogP contribution in [-0.4, -0.2) is 0 Å². The normalized spacial score (nSPS) is 20.0. The molecule has 0 atom stereocenters. The van der Waals surface area contributed by atoms with Crippen molar-refractivity contribution < 1.29 is 0 Å². The largest absolute Gasteiger partial charge is 0.0776 e. The lowest BCUT2D eigenvalue weighted by atomic mass is 10.4. The third-order valence-corrected chi connectivity index (χ3v) is 2.50. The Kier molecular flexibility index (Phi) is 13.3. The topological polar surface area (TPSA) is 0 Å². The molecule has 0 aromatic carbocycles. The molecule has 2 fully saturated rings. The second-order valence-corrected chi connectivity index (χ2v) is 3.54. The van der Waals surface area contributed by atoms with E-state index >= 15 is 0 Å². The Morgan fingerprint density at radius 3 is 0.417 bits per heavy atom. The first-order valence-electron chi connectivity index (χ1n) is 5.00. The van der Waals surface area contributed by atoms with Crippen LogP contribution in [0.25, 0.3) is 0 Å². The molecule has 0 heterocycles. The molecule has 0 unspecified atom stereocenters. The summed E-state index contributed by atoms with van der Waals surface area (Å²) in [7, 11) is 0. The van der Waals surface area contributed by atoms with E-state index in [0.717, 1.165) is 0 Å². The average Bonchev–Trinajstić information content (AvgIpc) is 2.67. The van der Waals surface area contributed by atoms with Crippen LogP contribution in [0.1, 0.15) is 79.1 Å². The Morgan fingerprint density at radius 1 is 0.250 bits per heavy atom. The Balaban J connectivity index is 0. The van der Waals surface area contributed by atoms with Gasteiger partial charge in [0.05, 0.1) is 0 Å². The van der Waals surface area contributed by atoms with Gasteiger partial charge in [0.1, 0.15) is 0 Å². The van der Waals surface area contributed by atoms with Crippen molar-refractivity contribution in [3.05, 3.63) is 0 Å². The lowest BCUT2D eigenvalue weighted by Crippen LogP contribution is -1.47. The van der Waals surface area contributed by atoms with E-state index in [4.69, 9.17) is 0 Å². The van der Waals surface area contributed by atoms with E-state index in [1.54, 1.807) is 0 Å². The molecular weight excluding hydrogens is 144 g/mol. The average molecular weight is 172 g/mol. The molecule has 0 nitrogen and oxygen atoms in total. The van der Waals surface area contributed by atoms with E-state index in [1.807, 2.05) is 0 Å². The van der Waals surface area contributed by atoms with Crippen molar-refractivity contribution in [2.24, 2.45) is 0 Å².